The monoisotopic (exact) mass is 227 g/mol. The molecule has 85 valence electrons. The van der Waals surface area contributed by atoms with E-state index in [0.717, 1.165) is 0 Å². The number of nitrogens with zero attached hydrogens (tertiary/aromatic N) is 4. The second-order valence-corrected chi connectivity index (χ2v) is 3.69. The van der Waals surface area contributed by atoms with Crippen LogP contribution in [-0.4, -0.2) is 20.0 Å². The standard InChI is InChI=1S/C9H9F2N4O/c1-9(2,15-5-3-4-12-15)8-14-13-7(16-8)6(10)11/h4-6H,1-2H3. The molecule has 0 saturated heterocycles. The third-order valence-corrected chi connectivity index (χ3v) is 2.18. The Morgan fingerprint density at radius 2 is 2.19 bits per heavy atom. The van der Waals surface area contributed by atoms with Crippen LogP contribution in [0, 0.1) is 6.07 Å². The lowest BCUT2D eigenvalue weighted by Gasteiger charge is -2.20. The van der Waals surface area contributed by atoms with Gasteiger partial charge in [0.25, 0.3) is 5.89 Å². The summed E-state index contributed by atoms with van der Waals surface area (Å²) in [5, 5.41) is 10.8. The second-order valence-electron chi connectivity index (χ2n) is 3.69. The molecule has 16 heavy (non-hydrogen) atoms. The zero-order valence-corrected chi connectivity index (χ0v) is 8.69. The molecule has 2 heterocycles. The summed E-state index contributed by atoms with van der Waals surface area (Å²) in [7, 11) is 0. The first-order valence-electron chi connectivity index (χ1n) is 4.55. The molecule has 2 aromatic rings. The number of halogens is 2. The van der Waals surface area contributed by atoms with Gasteiger partial charge < -0.3 is 4.42 Å². The molecule has 0 fully saturated rings. The quantitative estimate of drug-likeness (QED) is 0.802. The smallest absolute Gasteiger partial charge is 0.314 e. The first-order valence-corrected chi connectivity index (χ1v) is 4.55. The topological polar surface area (TPSA) is 56.7 Å². The highest BCUT2D eigenvalue weighted by atomic mass is 19.3. The second kappa shape index (κ2) is 3.66. The van der Waals surface area contributed by atoms with E-state index in [1.165, 1.54) is 10.9 Å². The Hall–Kier alpha value is -1.79. The molecule has 5 nitrogen and oxygen atoms in total. The molecule has 2 aromatic heterocycles. The molecule has 7 heteroatoms. The van der Waals surface area contributed by atoms with E-state index >= 15 is 0 Å². The lowest BCUT2D eigenvalue weighted by molar-refractivity contribution is 0.109. The van der Waals surface area contributed by atoms with E-state index in [1.54, 1.807) is 20.0 Å². The van der Waals surface area contributed by atoms with E-state index in [1.807, 2.05) is 0 Å². The Kier molecular flexibility index (Phi) is 2.45. The van der Waals surface area contributed by atoms with Gasteiger partial charge in [0.2, 0.25) is 5.89 Å². The van der Waals surface area contributed by atoms with Crippen LogP contribution < -0.4 is 0 Å². The minimum atomic E-state index is -2.76. The molecular weight excluding hydrogens is 218 g/mol. The number of hydrogen-bond donors (Lipinski definition) is 0. The number of rotatable bonds is 3. The van der Waals surface area contributed by atoms with E-state index in [-0.39, 0.29) is 5.89 Å². The highest BCUT2D eigenvalue weighted by Gasteiger charge is 2.31. The molecule has 0 aliphatic rings. The highest BCUT2D eigenvalue weighted by molar-refractivity contribution is 5.01. The minimum Gasteiger partial charge on any atom is -0.417 e. The predicted molar refractivity (Wildman–Crippen MR) is 48.7 cm³/mol. The van der Waals surface area contributed by atoms with Crippen LogP contribution in [0.3, 0.4) is 0 Å². The van der Waals surface area contributed by atoms with Crippen LogP contribution in [0.25, 0.3) is 0 Å². The van der Waals surface area contributed by atoms with Gasteiger partial charge in [-0.05, 0) is 13.8 Å². The van der Waals surface area contributed by atoms with Crippen molar-refractivity contribution in [2.75, 3.05) is 0 Å². The van der Waals surface area contributed by atoms with E-state index in [0.29, 0.717) is 0 Å². The fraction of sp³-hybridized carbons (Fsp3) is 0.444. The van der Waals surface area contributed by atoms with Gasteiger partial charge in [-0.3, -0.25) is 4.68 Å². The average Bonchev–Trinajstić information content (AvgIpc) is 2.90. The molecule has 0 saturated carbocycles. The molecule has 0 amide bonds. The lowest BCUT2D eigenvalue weighted by Crippen LogP contribution is -2.28. The summed E-state index contributed by atoms with van der Waals surface area (Å²) >= 11 is 0. The molecule has 0 spiro atoms. The maximum atomic E-state index is 12.3. The molecule has 0 N–H and O–H groups in total. The van der Waals surface area contributed by atoms with Crippen LogP contribution in [0.2, 0.25) is 0 Å². The largest absolute Gasteiger partial charge is 0.417 e. The molecule has 1 radical (unpaired) electrons. The highest BCUT2D eigenvalue weighted by Crippen LogP contribution is 2.26. The van der Waals surface area contributed by atoms with Crippen LogP contribution in [0.15, 0.2) is 16.8 Å². The van der Waals surface area contributed by atoms with E-state index in [4.69, 9.17) is 4.42 Å². The predicted octanol–water partition coefficient (Wildman–Crippen LogP) is 1.79. The fourth-order valence-electron chi connectivity index (χ4n) is 1.21. The van der Waals surface area contributed by atoms with Gasteiger partial charge in [0.15, 0.2) is 0 Å². The van der Waals surface area contributed by atoms with Gasteiger partial charge in [0.05, 0.1) is 6.20 Å². The number of aromatic nitrogens is 4. The van der Waals surface area contributed by atoms with Crippen molar-refractivity contribution in [1.29, 1.82) is 0 Å². The van der Waals surface area contributed by atoms with Gasteiger partial charge in [0, 0.05) is 12.3 Å². The minimum absolute atomic E-state index is 0.0832. The first-order chi connectivity index (χ1) is 7.51. The van der Waals surface area contributed by atoms with Gasteiger partial charge >= 0.3 is 6.43 Å². The van der Waals surface area contributed by atoms with Crippen LogP contribution >= 0.6 is 0 Å². The van der Waals surface area contributed by atoms with E-state index < -0.39 is 17.9 Å². The van der Waals surface area contributed by atoms with Crippen molar-refractivity contribution in [1.82, 2.24) is 20.0 Å². The van der Waals surface area contributed by atoms with Crippen molar-refractivity contribution >= 4 is 0 Å². The summed E-state index contributed by atoms with van der Waals surface area (Å²) in [5.74, 6) is -0.598. The molecular formula is C9H9F2N4O. The summed E-state index contributed by atoms with van der Waals surface area (Å²) in [6.45, 7) is 3.47. The summed E-state index contributed by atoms with van der Waals surface area (Å²) in [6, 6.07) is 2.75. The van der Waals surface area contributed by atoms with Crippen LogP contribution in [0.5, 0.6) is 0 Å². The summed E-state index contributed by atoms with van der Waals surface area (Å²) < 4.78 is 31.0. The third kappa shape index (κ3) is 1.68. The lowest BCUT2D eigenvalue weighted by atomic mass is 10.1. The van der Waals surface area contributed by atoms with Crippen molar-refractivity contribution < 1.29 is 13.2 Å². The molecule has 0 atom stereocenters. The van der Waals surface area contributed by atoms with Crippen molar-refractivity contribution in [3.05, 3.63) is 30.2 Å². The zero-order chi connectivity index (χ0) is 11.8. The molecule has 0 aromatic carbocycles. The molecule has 0 aliphatic carbocycles. The SMILES string of the molecule is CC(C)(c1nnc(C(F)F)o1)n1c[c]cn1. The Morgan fingerprint density at radius 3 is 2.69 bits per heavy atom. The average molecular weight is 227 g/mol. The molecule has 0 bridgehead atoms. The maximum Gasteiger partial charge on any atom is 0.314 e. The number of hydrogen-bond acceptors (Lipinski definition) is 4. The van der Waals surface area contributed by atoms with Crippen molar-refractivity contribution in [3.8, 4) is 0 Å². The van der Waals surface area contributed by atoms with Gasteiger partial charge in [-0.15, -0.1) is 10.2 Å². The maximum absolute atomic E-state index is 12.3. The number of alkyl halides is 2. The zero-order valence-electron chi connectivity index (χ0n) is 8.69. The van der Waals surface area contributed by atoms with Gasteiger partial charge in [0.1, 0.15) is 5.54 Å². The first kappa shape index (κ1) is 10.7. The van der Waals surface area contributed by atoms with Gasteiger partial charge in [-0.2, -0.15) is 13.9 Å². The molecule has 0 unspecified atom stereocenters. The molecule has 0 aliphatic heterocycles. The summed E-state index contributed by atoms with van der Waals surface area (Å²) in [5.41, 5.74) is -0.778. The van der Waals surface area contributed by atoms with Crippen molar-refractivity contribution in [2.45, 2.75) is 25.8 Å². The molecule has 2 rings (SSSR count). The van der Waals surface area contributed by atoms with Crippen LogP contribution in [0.1, 0.15) is 32.1 Å². The normalized spacial score (nSPS) is 12.3. The fourth-order valence-corrected chi connectivity index (χ4v) is 1.21. The summed E-state index contributed by atoms with van der Waals surface area (Å²) in [6.07, 6.45) is 0.277. The third-order valence-electron chi connectivity index (χ3n) is 2.18. The van der Waals surface area contributed by atoms with Crippen LogP contribution in [0.4, 0.5) is 8.78 Å². The summed E-state index contributed by atoms with van der Waals surface area (Å²) in [4.78, 5) is 0. The Balaban J connectivity index is 2.36. The Labute approximate surface area is 90.1 Å². The Morgan fingerprint density at radius 1 is 1.44 bits per heavy atom. The van der Waals surface area contributed by atoms with Crippen LogP contribution in [-0.2, 0) is 5.54 Å². The van der Waals surface area contributed by atoms with E-state index in [9.17, 15) is 8.78 Å². The van der Waals surface area contributed by atoms with Crippen molar-refractivity contribution in [3.63, 3.8) is 0 Å². The van der Waals surface area contributed by atoms with Gasteiger partial charge in [-0.1, -0.05) is 0 Å². The van der Waals surface area contributed by atoms with Gasteiger partial charge in [-0.25, -0.2) is 0 Å². The van der Waals surface area contributed by atoms with E-state index in [2.05, 4.69) is 21.4 Å². The van der Waals surface area contributed by atoms with Crippen molar-refractivity contribution in [2.24, 2.45) is 0 Å². The Bertz CT molecular complexity index is 464.